The second-order valence-electron chi connectivity index (χ2n) is 2.09. The molecule has 0 aromatic rings. The van der Waals surface area contributed by atoms with Crippen LogP contribution in [0.15, 0.2) is 11.6 Å². The molecule has 0 radical (unpaired) electrons. The van der Waals surface area contributed by atoms with Crippen LogP contribution in [0.1, 0.15) is 20.3 Å². The number of aliphatic hydroxyl groups is 1. The average Bonchev–Trinajstić information content (AvgIpc) is 1.81. The van der Waals surface area contributed by atoms with Crippen LogP contribution >= 0.6 is 0 Å². The molecule has 0 rings (SSSR count). The van der Waals surface area contributed by atoms with Crippen molar-refractivity contribution in [2.75, 3.05) is 0 Å². The van der Waals surface area contributed by atoms with Crippen molar-refractivity contribution in [2.45, 2.75) is 26.4 Å². The standard InChI is InChI=1S/C7H12O3/c1-3-6(5(2)8)4-7(9)10/h4-5,8H,3H2,1-2H3,(H,9,10)/b6-4+. The first kappa shape index (κ1) is 9.17. The van der Waals surface area contributed by atoms with Crippen LogP contribution in [-0.4, -0.2) is 22.3 Å². The number of carboxylic acids is 1. The summed E-state index contributed by atoms with van der Waals surface area (Å²) in [6.07, 6.45) is 0.968. The molecular formula is C7H12O3. The van der Waals surface area contributed by atoms with Gasteiger partial charge < -0.3 is 10.2 Å². The van der Waals surface area contributed by atoms with E-state index in [9.17, 15) is 4.79 Å². The molecular weight excluding hydrogens is 132 g/mol. The van der Waals surface area contributed by atoms with Gasteiger partial charge in [-0.2, -0.15) is 0 Å². The van der Waals surface area contributed by atoms with Gasteiger partial charge in [0.05, 0.1) is 6.10 Å². The largest absolute Gasteiger partial charge is 0.478 e. The van der Waals surface area contributed by atoms with E-state index in [0.29, 0.717) is 12.0 Å². The molecule has 0 saturated heterocycles. The Labute approximate surface area is 60.0 Å². The van der Waals surface area contributed by atoms with E-state index in [0.717, 1.165) is 6.08 Å². The average molecular weight is 144 g/mol. The Morgan fingerprint density at radius 1 is 1.70 bits per heavy atom. The van der Waals surface area contributed by atoms with Crippen molar-refractivity contribution in [1.82, 2.24) is 0 Å². The minimum absolute atomic E-state index is 0.549. The summed E-state index contributed by atoms with van der Waals surface area (Å²) in [5.41, 5.74) is 0.549. The fourth-order valence-corrected chi connectivity index (χ4v) is 0.677. The highest BCUT2D eigenvalue weighted by Crippen LogP contribution is 2.05. The molecule has 0 saturated carbocycles. The van der Waals surface area contributed by atoms with Gasteiger partial charge in [0.25, 0.3) is 0 Å². The lowest BCUT2D eigenvalue weighted by molar-refractivity contribution is -0.131. The molecule has 58 valence electrons. The summed E-state index contributed by atoms with van der Waals surface area (Å²) in [7, 11) is 0. The normalized spacial score (nSPS) is 14.9. The molecule has 1 atom stereocenters. The summed E-state index contributed by atoms with van der Waals surface area (Å²) in [6.45, 7) is 3.36. The maximum absolute atomic E-state index is 10.1. The number of aliphatic hydroxyl groups excluding tert-OH is 1. The fourth-order valence-electron chi connectivity index (χ4n) is 0.677. The van der Waals surface area contributed by atoms with Crippen molar-refractivity contribution in [1.29, 1.82) is 0 Å². The summed E-state index contributed by atoms with van der Waals surface area (Å²) in [6, 6.07) is 0. The van der Waals surface area contributed by atoms with E-state index < -0.39 is 12.1 Å². The first-order valence-electron chi connectivity index (χ1n) is 3.19. The van der Waals surface area contributed by atoms with Crippen molar-refractivity contribution in [2.24, 2.45) is 0 Å². The molecule has 3 heteroatoms. The molecule has 1 unspecified atom stereocenters. The third kappa shape index (κ3) is 3.25. The summed E-state index contributed by atoms with van der Waals surface area (Å²) < 4.78 is 0. The number of carboxylic acid groups (broad SMARTS) is 1. The van der Waals surface area contributed by atoms with Gasteiger partial charge in [-0.25, -0.2) is 4.79 Å². The smallest absolute Gasteiger partial charge is 0.328 e. The first-order chi connectivity index (χ1) is 4.57. The Morgan fingerprint density at radius 2 is 2.20 bits per heavy atom. The molecule has 3 nitrogen and oxygen atoms in total. The van der Waals surface area contributed by atoms with Gasteiger partial charge in [-0.1, -0.05) is 6.92 Å². The van der Waals surface area contributed by atoms with Gasteiger partial charge in [-0.3, -0.25) is 0 Å². The molecule has 0 aliphatic heterocycles. The lowest BCUT2D eigenvalue weighted by atomic mass is 10.1. The summed E-state index contributed by atoms with van der Waals surface area (Å²) >= 11 is 0. The van der Waals surface area contributed by atoms with E-state index in [1.54, 1.807) is 6.92 Å². The second kappa shape index (κ2) is 4.06. The molecule has 0 fully saturated rings. The summed E-state index contributed by atoms with van der Waals surface area (Å²) in [4.78, 5) is 10.1. The van der Waals surface area contributed by atoms with Crippen LogP contribution in [-0.2, 0) is 4.79 Å². The molecule has 0 aliphatic rings. The van der Waals surface area contributed by atoms with E-state index in [-0.39, 0.29) is 0 Å². The van der Waals surface area contributed by atoms with Gasteiger partial charge >= 0.3 is 5.97 Å². The van der Waals surface area contributed by atoms with Crippen molar-refractivity contribution in [3.8, 4) is 0 Å². The van der Waals surface area contributed by atoms with Gasteiger partial charge in [0.1, 0.15) is 0 Å². The highest BCUT2D eigenvalue weighted by Gasteiger charge is 2.03. The van der Waals surface area contributed by atoms with Gasteiger partial charge in [0, 0.05) is 6.08 Å². The molecule has 0 aliphatic carbocycles. The highest BCUT2D eigenvalue weighted by molar-refractivity contribution is 5.80. The number of rotatable bonds is 3. The Hall–Kier alpha value is -0.830. The van der Waals surface area contributed by atoms with E-state index in [2.05, 4.69) is 0 Å². The SMILES string of the molecule is CC/C(=C\C(=O)O)C(C)O. The second-order valence-corrected chi connectivity index (χ2v) is 2.09. The molecule has 0 heterocycles. The van der Waals surface area contributed by atoms with E-state index in [1.165, 1.54) is 0 Å². The zero-order chi connectivity index (χ0) is 8.15. The third-order valence-electron chi connectivity index (χ3n) is 1.25. The number of hydrogen-bond donors (Lipinski definition) is 2. The van der Waals surface area contributed by atoms with E-state index in [1.807, 2.05) is 6.92 Å². The lowest BCUT2D eigenvalue weighted by Gasteiger charge is -2.04. The Balaban J connectivity index is 4.18. The zero-order valence-electron chi connectivity index (χ0n) is 6.16. The topological polar surface area (TPSA) is 57.5 Å². The Bertz CT molecular complexity index is 147. The Kier molecular flexibility index (Phi) is 3.72. The maximum atomic E-state index is 10.1. The van der Waals surface area contributed by atoms with Crippen molar-refractivity contribution in [3.05, 3.63) is 11.6 Å². The number of carbonyl (C=O) groups is 1. The van der Waals surface area contributed by atoms with Gasteiger partial charge in [-0.05, 0) is 18.9 Å². The van der Waals surface area contributed by atoms with Crippen LogP contribution in [0.2, 0.25) is 0 Å². The summed E-state index contributed by atoms with van der Waals surface area (Å²) in [5, 5.41) is 17.2. The minimum atomic E-state index is -1.00. The van der Waals surface area contributed by atoms with Crippen LogP contribution in [0, 0.1) is 0 Å². The van der Waals surface area contributed by atoms with Crippen LogP contribution in [0.4, 0.5) is 0 Å². The molecule has 10 heavy (non-hydrogen) atoms. The molecule has 0 aromatic heterocycles. The predicted molar refractivity (Wildman–Crippen MR) is 37.7 cm³/mol. The first-order valence-corrected chi connectivity index (χ1v) is 3.19. The van der Waals surface area contributed by atoms with Gasteiger partial charge in [0.15, 0.2) is 0 Å². The summed E-state index contributed by atoms with van der Waals surface area (Å²) in [5.74, 6) is -1.00. The van der Waals surface area contributed by atoms with Crippen LogP contribution in [0.25, 0.3) is 0 Å². The van der Waals surface area contributed by atoms with Crippen molar-refractivity contribution < 1.29 is 15.0 Å². The molecule has 0 amide bonds. The molecule has 0 aromatic carbocycles. The predicted octanol–water partition coefficient (Wildman–Crippen LogP) is 0.788. The Morgan fingerprint density at radius 3 is 2.30 bits per heavy atom. The van der Waals surface area contributed by atoms with E-state index >= 15 is 0 Å². The number of aliphatic carboxylic acids is 1. The van der Waals surface area contributed by atoms with Crippen molar-refractivity contribution >= 4 is 5.97 Å². The monoisotopic (exact) mass is 144 g/mol. The van der Waals surface area contributed by atoms with Crippen LogP contribution in [0.3, 0.4) is 0 Å². The van der Waals surface area contributed by atoms with E-state index in [4.69, 9.17) is 10.2 Å². The quantitative estimate of drug-likeness (QED) is 0.576. The van der Waals surface area contributed by atoms with Crippen LogP contribution < -0.4 is 0 Å². The molecule has 0 spiro atoms. The minimum Gasteiger partial charge on any atom is -0.478 e. The highest BCUT2D eigenvalue weighted by atomic mass is 16.4. The zero-order valence-corrected chi connectivity index (χ0v) is 6.16. The van der Waals surface area contributed by atoms with Crippen LogP contribution in [0.5, 0.6) is 0 Å². The third-order valence-corrected chi connectivity index (χ3v) is 1.25. The fraction of sp³-hybridized carbons (Fsp3) is 0.571. The van der Waals surface area contributed by atoms with Gasteiger partial charge in [0.2, 0.25) is 0 Å². The molecule has 0 bridgehead atoms. The lowest BCUT2D eigenvalue weighted by Crippen LogP contribution is -2.05. The van der Waals surface area contributed by atoms with Crippen molar-refractivity contribution in [3.63, 3.8) is 0 Å². The molecule has 2 N–H and O–H groups in total. The van der Waals surface area contributed by atoms with Gasteiger partial charge in [-0.15, -0.1) is 0 Å². The maximum Gasteiger partial charge on any atom is 0.328 e. The number of hydrogen-bond acceptors (Lipinski definition) is 2.